The van der Waals surface area contributed by atoms with Crippen molar-refractivity contribution in [2.45, 2.75) is 20.3 Å². The highest BCUT2D eigenvalue weighted by Crippen LogP contribution is 2.31. The number of carbonyl (C=O) groups excluding carboxylic acids is 3. The number of nitrogens with one attached hydrogen (secondary N) is 3. The number of anilines is 1. The van der Waals surface area contributed by atoms with E-state index in [9.17, 15) is 14.4 Å². The van der Waals surface area contributed by atoms with Gasteiger partial charge in [-0.3, -0.25) is 19.7 Å². The van der Waals surface area contributed by atoms with E-state index in [2.05, 4.69) is 20.6 Å². The molecule has 0 aliphatic carbocycles. The van der Waals surface area contributed by atoms with Crippen LogP contribution >= 0.6 is 34.5 Å². The van der Waals surface area contributed by atoms with Crippen molar-refractivity contribution >= 4 is 67.7 Å². The van der Waals surface area contributed by atoms with Crippen molar-refractivity contribution in [3.8, 4) is 0 Å². The van der Waals surface area contributed by atoms with Gasteiger partial charge in [0.25, 0.3) is 11.8 Å². The van der Waals surface area contributed by atoms with Gasteiger partial charge in [-0.1, -0.05) is 34.5 Å². The number of rotatable bonds is 7. The number of ether oxygens (including phenoxy) is 1. The normalized spacial score (nSPS) is 10.8. The fourth-order valence-corrected chi connectivity index (χ4v) is 3.94. The molecule has 0 radical (unpaired) electrons. The maximum Gasteiger partial charge on any atom is 0.307 e. The Morgan fingerprint density at radius 3 is 2.63 bits per heavy atom. The van der Waals surface area contributed by atoms with Crippen LogP contribution < -0.4 is 10.6 Å². The van der Waals surface area contributed by atoms with Crippen LogP contribution in [0.5, 0.6) is 0 Å². The van der Waals surface area contributed by atoms with Gasteiger partial charge in [0.1, 0.15) is 5.69 Å². The van der Waals surface area contributed by atoms with Gasteiger partial charge in [-0.25, -0.2) is 4.98 Å². The number of carbonyl (C=O) groups is 3. The standard InChI is InChI=1S/C19H18Cl2N4O4S/c1-3-29-13(26)6-7-22-17(27)10-4-5-11-12(8-10)30-19(24-11)25-18(28)16-15(21)14(20)9(2)23-16/h4-5,8,23H,3,6-7H2,1-2H3,(H,22,27)(H,24,25,28). The Labute approximate surface area is 185 Å². The molecule has 11 heteroatoms. The van der Waals surface area contributed by atoms with Crippen molar-refractivity contribution in [1.29, 1.82) is 0 Å². The first-order chi connectivity index (χ1) is 14.3. The minimum atomic E-state index is -0.467. The summed E-state index contributed by atoms with van der Waals surface area (Å²) in [6.07, 6.45) is 0.101. The molecule has 158 valence electrons. The number of H-pyrrole nitrogens is 1. The van der Waals surface area contributed by atoms with Gasteiger partial charge in [-0.15, -0.1) is 0 Å². The van der Waals surface area contributed by atoms with Crippen molar-refractivity contribution in [2.24, 2.45) is 0 Å². The number of hydrogen-bond donors (Lipinski definition) is 3. The zero-order valence-electron chi connectivity index (χ0n) is 16.1. The lowest BCUT2D eigenvalue weighted by atomic mass is 10.2. The smallest absolute Gasteiger partial charge is 0.307 e. The highest BCUT2D eigenvalue weighted by Gasteiger charge is 2.19. The van der Waals surface area contributed by atoms with Crippen LogP contribution in [0.2, 0.25) is 10.0 Å². The summed E-state index contributed by atoms with van der Waals surface area (Å²) in [5.74, 6) is -1.15. The second-order valence-corrected chi connectivity index (χ2v) is 8.01. The fourth-order valence-electron chi connectivity index (χ4n) is 2.62. The Morgan fingerprint density at radius 2 is 1.97 bits per heavy atom. The van der Waals surface area contributed by atoms with E-state index in [0.717, 1.165) is 4.70 Å². The number of aryl methyl sites for hydroxylation is 1. The zero-order chi connectivity index (χ0) is 21.8. The largest absolute Gasteiger partial charge is 0.466 e. The van der Waals surface area contributed by atoms with Gasteiger partial charge >= 0.3 is 5.97 Å². The predicted molar refractivity (Wildman–Crippen MR) is 117 cm³/mol. The van der Waals surface area contributed by atoms with E-state index in [1.54, 1.807) is 32.0 Å². The summed E-state index contributed by atoms with van der Waals surface area (Å²) in [6, 6.07) is 4.98. The molecule has 3 rings (SSSR count). The Kier molecular flexibility index (Phi) is 6.96. The van der Waals surface area contributed by atoms with E-state index < -0.39 is 5.91 Å². The van der Waals surface area contributed by atoms with Gasteiger partial charge in [-0.2, -0.15) is 0 Å². The summed E-state index contributed by atoms with van der Waals surface area (Å²) < 4.78 is 5.54. The summed E-state index contributed by atoms with van der Waals surface area (Å²) in [7, 11) is 0. The maximum absolute atomic E-state index is 12.5. The van der Waals surface area contributed by atoms with E-state index >= 15 is 0 Å². The molecule has 30 heavy (non-hydrogen) atoms. The van der Waals surface area contributed by atoms with Gasteiger partial charge in [0, 0.05) is 17.8 Å². The topological polar surface area (TPSA) is 113 Å². The molecule has 0 saturated heterocycles. The molecule has 3 aromatic rings. The van der Waals surface area contributed by atoms with Crippen molar-refractivity contribution in [3.63, 3.8) is 0 Å². The number of fused-ring (bicyclic) bond motifs is 1. The van der Waals surface area contributed by atoms with Gasteiger partial charge in [0.05, 0.1) is 33.3 Å². The number of aromatic amines is 1. The third kappa shape index (κ3) is 4.92. The number of hydrogen-bond acceptors (Lipinski definition) is 6. The van der Waals surface area contributed by atoms with Crippen LogP contribution in [0.1, 0.15) is 39.9 Å². The van der Waals surface area contributed by atoms with Gasteiger partial charge < -0.3 is 15.0 Å². The van der Waals surface area contributed by atoms with Gasteiger partial charge in [-0.05, 0) is 32.0 Å². The molecule has 0 atom stereocenters. The summed E-state index contributed by atoms with van der Waals surface area (Å²) in [5.41, 5.74) is 1.79. The summed E-state index contributed by atoms with van der Waals surface area (Å²) >= 11 is 13.3. The minimum absolute atomic E-state index is 0.101. The first-order valence-corrected chi connectivity index (χ1v) is 10.6. The SMILES string of the molecule is CCOC(=O)CCNC(=O)c1ccc2nc(NC(=O)c3[nH]c(C)c(Cl)c3Cl)sc2c1. The third-order valence-electron chi connectivity index (χ3n) is 4.07. The van der Waals surface area contributed by atoms with Crippen LogP contribution in [-0.2, 0) is 9.53 Å². The Balaban J connectivity index is 1.68. The fraction of sp³-hybridized carbons (Fsp3) is 0.263. The van der Waals surface area contributed by atoms with Crippen LogP contribution in [0, 0.1) is 6.92 Å². The van der Waals surface area contributed by atoms with Gasteiger partial charge in [0.2, 0.25) is 0 Å². The van der Waals surface area contributed by atoms with Crippen molar-refractivity contribution in [2.75, 3.05) is 18.5 Å². The molecule has 2 heterocycles. The van der Waals surface area contributed by atoms with Crippen LogP contribution in [-0.4, -0.2) is 40.9 Å². The number of esters is 1. The van der Waals surface area contributed by atoms with E-state index in [-0.39, 0.29) is 35.6 Å². The Bertz CT molecular complexity index is 1130. The minimum Gasteiger partial charge on any atom is -0.466 e. The molecule has 0 bridgehead atoms. The van der Waals surface area contributed by atoms with Gasteiger partial charge in [0.15, 0.2) is 5.13 Å². The molecule has 8 nitrogen and oxygen atoms in total. The number of halogens is 2. The number of benzene rings is 1. The van der Waals surface area contributed by atoms with Crippen molar-refractivity contribution in [1.82, 2.24) is 15.3 Å². The lowest BCUT2D eigenvalue weighted by Crippen LogP contribution is -2.26. The molecule has 0 unspecified atom stereocenters. The molecule has 0 fully saturated rings. The predicted octanol–water partition coefficient (Wildman–Crippen LogP) is 4.17. The first kappa shape index (κ1) is 22.1. The van der Waals surface area contributed by atoms with Crippen LogP contribution in [0.4, 0.5) is 5.13 Å². The third-order valence-corrected chi connectivity index (χ3v) is 5.95. The quantitative estimate of drug-likeness (QED) is 0.450. The maximum atomic E-state index is 12.5. The van der Waals surface area contributed by atoms with Crippen LogP contribution in [0.3, 0.4) is 0 Å². The number of thiazole rings is 1. The lowest BCUT2D eigenvalue weighted by molar-refractivity contribution is -0.142. The second-order valence-electron chi connectivity index (χ2n) is 6.22. The lowest BCUT2D eigenvalue weighted by Gasteiger charge is -2.05. The van der Waals surface area contributed by atoms with E-state index in [1.807, 2.05) is 0 Å². The molecule has 3 N–H and O–H groups in total. The van der Waals surface area contributed by atoms with Crippen molar-refractivity contribution in [3.05, 3.63) is 45.2 Å². The summed E-state index contributed by atoms with van der Waals surface area (Å²) in [4.78, 5) is 43.3. The number of nitrogens with zero attached hydrogens (tertiary/aromatic N) is 1. The molecule has 2 aromatic heterocycles. The summed E-state index contributed by atoms with van der Waals surface area (Å²) in [6.45, 7) is 3.91. The van der Waals surface area contributed by atoms with E-state index in [1.165, 1.54) is 11.3 Å². The number of aromatic nitrogens is 2. The van der Waals surface area contributed by atoms with E-state index in [4.69, 9.17) is 27.9 Å². The molecular formula is C19H18Cl2N4O4S. The van der Waals surface area contributed by atoms with Crippen molar-refractivity contribution < 1.29 is 19.1 Å². The average molecular weight is 469 g/mol. The summed E-state index contributed by atoms with van der Waals surface area (Å²) in [5, 5.41) is 6.15. The molecule has 0 aliphatic heterocycles. The number of amides is 2. The second kappa shape index (κ2) is 9.46. The van der Waals surface area contributed by atoms with Crippen LogP contribution in [0.15, 0.2) is 18.2 Å². The first-order valence-electron chi connectivity index (χ1n) is 8.99. The van der Waals surface area contributed by atoms with Crippen LogP contribution in [0.25, 0.3) is 10.2 Å². The average Bonchev–Trinajstić information content (AvgIpc) is 3.22. The molecular weight excluding hydrogens is 451 g/mol. The monoisotopic (exact) mass is 468 g/mol. The Hall–Kier alpha value is -2.62. The molecule has 0 spiro atoms. The highest BCUT2D eigenvalue weighted by atomic mass is 35.5. The zero-order valence-corrected chi connectivity index (χ0v) is 18.4. The molecule has 1 aromatic carbocycles. The molecule has 0 aliphatic rings. The molecule has 0 saturated carbocycles. The Morgan fingerprint density at radius 1 is 1.20 bits per heavy atom. The highest BCUT2D eigenvalue weighted by molar-refractivity contribution is 7.22. The molecule has 2 amide bonds. The van der Waals surface area contributed by atoms with E-state index in [0.29, 0.717) is 33.5 Å².